The highest BCUT2D eigenvalue weighted by molar-refractivity contribution is 6.54. The standard InChI is InChI=1S/C18H15ClN2O3/c1-12-6-8-13(9-7-12)11-21-15-5-3-2-4-14(15)17(18(21)23)20-24-16(22)10-19/h2-9H,10-11H2,1H3/b20-17-. The van der Waals surface area contributed by atoms with Gasteiger partial charge in [-0.05, 0) is 18.6 Å². The second-order valence-electron chi connectivity index (χ2n) is 5.43. The van der Waals surface area contributed by atoms with Gasteiger partial charge in [-0.1, -0.05) is 53.2 Å². The number of carbonyl (C=O) groups is 2. The van der Waals surface area contributed by atoms with Crippen LogP contribution in [0.2, 0.25) is 0 Å². The zero-order valence-electron chi connectivity index (χ0n) is 13.0. The first-order valence-electron chi connectivity index (χ1n) is 7.41. The third-order valence-electron chi connectivity index (χ3n) is 3.71. The van der Waals surface area contributed by atoms with Gasteiger partial charge in [-0.3, -0.25) is 4.79 Å². The summed E-state index contributed by atoms with van der Waals surface area (Å²) in [5.41, 5.74) is 3.64. The third kappa shape index (κ3) is 3.16. The molecule has 0 aromatic heterocycles. The Kier molecular flexibility index (Phi) is 4.62. The normalized spacial score (nSPS) is 14.8. The molecule has 0 spiro atoms. The highest BCUT2D eigenvalue weighted by Gasteiger charge is 2.34. The molecule has 0 saturated carbocycles. The van der Waals surface area contributed by atoms with E-state index in [2.05, 4.69) is 9.99 Å². The summed E-state index contributed by atoms with van der Waals surface area (Å²) in [5.74, 6) is -1.33. The van der Waals surface area contributed by atoms with Crippen LogP contribution in [0.5, 0.6) is 0 Å². The summed E-state index contributed by atoms with van der Waals surface area (Å²) in [7, 11) is 0. The number of hydrogen-bond donors (Lipinski definition) is 0. The van der Waals surface area contributed by atoms with Gasteiger partial charge >= 0.3 is 5.97 Å². The number of halogens is 1. The molecule has 2 aromatic rings. The Morgan fingerprint density at radius 2 is 1.88 bits per heavy atom. The predicted octanol–water partition coefficient (Wildman–Crippen LogP) is 3.03. The minimum atomic E-state index is -0.702. The topological polar surface area (TPSA) is 59.0 Å². The van der Waals surface area contributed by atoms with Crippen LogP contribution in [0.15, 0.2) is 53.7 Å². The number of oxime groups is 1. The Balaban J connectivity index is 1.92. The van der Waals surface area contributed by atoms with Crippen LogP contribution in [0.25, 0.3) is 0 Å². The molecule has 0 fully saturated rings. The molecule has 0 N–H and O–H groups in total. The van der Waals surface area contributed by atoms with Gasteiger partial charge in [-0.25, -0.2) is 4.79 Å². The van der Waals surface area contributed by atoms with Gasteiger partial charge in [0.15, 0.2) is 5.71 Å². The van der Waals surface area contributed by atoms with Crippen molar-refractivity contribution < 1.29 is 14.4 Å². The first-order valence-corrected chi connectivity index (χ1v) is 7.94. The second kappa shape index (κ2) is 6.84. The minimum Gasteiger partial charge on any atom is -0.316 e. The van der Waals surface area contributed by atoms with E-state index in [1.165, 1.54) is 0 Å². The molecule has 0 aliphatic carbocycles. The first-order chi connectivity index (χ1) is 11.6. The van der Waals surface area contributed by atoms with E-state index in [0.29, 0.717) is 12.1 Å². The molecular formula is C18H15ClN2O3. The fourth-order valence-corrected chi connectivity index (χ4v) is 2.55. The lowest BCUT2D eigenvalue weighted by molar-refractivity contribution is -0.140. The van der Waals surface area contributed by atoms with Gasteiger partial charge in [-0.2, -0.15) is 0 Å². The molecule has 0 atom stereocenters. The van der Waals surface area contributed by atoms with Crippen molar-refractivity contribution in [2.45, 2.75) is 13.5 Å². The molecule has 2 aromatic carbocycles. The number of carbonyl (C=O) groups excluding carboxylic acids is 2. The Labute approximate surface area is 144 Å². The zero-order valence-corrected chi connectivity index (χ0v) is 13.8. The summed E-state index contributed by atoms with van der Waals surface area (Å²) in [6, 6.07) is 15.2. The molecule has 0 unspecified atom stereocenters. The van der Waals surface area contributed by atoms with Crippen molar-refractivity contribution in [1.82, 2.24) is 0 Å². The number of para-hydroxylation sites is 1. The van der Waals surface area contributed by atoms with E-state index < -0.39 is 5.97 Å². The average molecular weight is 343 g/mol. The highest BCUT2D eigenvalue weighted by Crippen LogP contribution is 2.30. The molecule has 1 amide bonds. The Bertz CT molecular complexity index is 815. The number of hydrogen-bond acceptors (Lipinski definition) is 4. The number of rotatable bonds is 4. The molecule has 24 heavy (non-hydrogen) atoms. The highest BCUT2D eigenvalue weighted by atomic mass is 35.5. The van der Waals surface area contributed by atoms with Gasteiger partial charge in [0, 0.05) is 5.56 Å². The van der Waals surface area contributed by atoms with E-state index in [9.17, 15) is 9.59 Å². The largest absolute Gasteiger partial charge is 0.349 e. The van der Waals surface area contributed by atoms with Gasteiger partial charge in [0.1, 0.15) is 5.88 Å². The van der Waals surface area contributed by atoms with E-state index in [1.807, 2.05) is 43.3 Å². The number of nitrogens with zero attached hydrogens (tertiary/aromatic N) is 2. The molecule has 0 bridgehead atoms. The monoisotopic (exact) mass is 342 g/mol. The second-order valence-corrected chi connectivity index (χ2v) is 5.70. The van der Waals surface area contributed by atoms with Crippen molar-refractivity contribution in [2.24, 2.45) is 5.16 Å². The quantitative estimate of drug-likeness (QED) is 0.487. The Morgan fingerprint density at radius 1 is 1.17 bits per heavy atom. The van der Waals surface area contributed by atoms with Gasteiger partial charge in [0.05, 0.1) is 12.2 Å². The molecule has 3 rings (SSSR count). The maximum absolute atomic E-state index is 12.7. The molecule has 1 aliphatic rings. The minimum absolute atomic E-state index is 0.108. The number of alkyl halides is 1. The molecule has 1 heterocycles. The van der Waals surface area contributed by atoms with E-state index in [0.717, 1.165) is 16.8 Å². The molecule has 0 radical (unpaired) electrons. The number of fused-ring (bicyclic) bond motifs is 1. The fraction of sp³-hybridized carbons (Fsp3) is 0.167. The molecule has 122 valence electrons. The third-order valence-corrected chi connectivity index (χ3v) is 3.93. The fourth-order valence-electron chi connectivity index (χ4n) is 2.50. The lowest BCUT2D eigenvalue weighted by Crippen LogP contribution is -2.29. The molecule has 6 heteroatoms. The summed E-state index contributed by atoms with van der Waals surface area (Å²) in [5, 5.41) is 3.71. The zero-order chi connectivity index (χ0) is 17.1. The maximum atomic E-state index is 12.7. The number of anilines is 1. The molecule has 0 saturated heterocycles. The van der Waals surface area contributed by atoms with Crippen LogP contribution in [0.3, 0.4) is 0 Å². The van der Waals surface area contributed by atoms with Crippen LogP contribution in [0.4, 0.5) is 5.69 Å². The summed E-state index contributed by atoms with van der Waals surface area (Å²) in [4.78, 5) is 30.2. The van der Waals surface area contributed by atoms with Crippen LogP contribution in [0, 0.1) is 6.92 Å². The van der Waals surface area contributed by atoms with Crippen LogP contribution in [-0.4, -0.2) is 23.5 Å². The summed E-state index contributed by atoms with van der Waals surface area (Å²) >= 11 is 5.38. The molecule has 5 nitrogen and oxygen atoms in total. The molecule has 1 aliphatic heterocycles. The predicted molar refractivity (Wildman–Crippen MR) is 92.2 cm³/mol. The SMILES string of the molecule is Cc1ccc(CN2C(=O)/C(=N\OC(=O)CCl)c3ccccc32)cc1. The summed E-state index contributed by atoms with van der Waals surface area (Å²) < 4.78 is 0. The van der Waals surface area contributed by atoms with Gasteiger partial charge in [0.25, 0.3) is 5.91 Å². The lowest BCUT2D eigenvalue weighted by atomic mass is 10.1. The van der Waals surface area contributed by atoms with E-state index in [4.69, 9.17) is 11.6 Å². The first kappa shape index (κ1) is 16.2. The van der Waals surface area contributed by atoms with Crippen LogP contribution in [-0.2, 0) is 21.0 Å². The smallest absolute Gasteiger partial charge is 0.316 e. The number of benzene rings is 2. The van der Waals surface area contributed by atoms with Gasteiger partial charge in [-0.15, -0.1) is 11.6 Å². The Hall–Kier alpha value is -2.66. The maximum Gasteiger partial charge on any atom is 0.349 e. The van der Waals surface area contributed by atoms with E-state index in [-0.39, 0.29) is 17.5 Å². The van der Waals surface area contributed by atoms with E-state index in [1.54, 1.807) is 17.0 Å². The van der Waals surface area contributed by atoms with Crippen molar-refractivity contribution in [1.29, 1.82) is 0 Å². The van der Waals surface area contributed by atoms with Crippen LogP contribution in [0.1, 0.15) is 16.7 Å². The molecular weight excluding hydrogens is 328 g/mol. The van der Waals surface area contributed by atoms with Crippen LogP contribution >= 0.6 is 11.6 Å². The van der Waals surface area contributed by atoms with Crippen molar-refractivity contribution in [3.8, 4) is 0 Å². The van der Waals surface area contributed by atoms with Crippen molar-refractivity contribution >= 4 is 34.9 Å². The van der Waals surface area contributed by atoms with Crippen molar-refractivity contribution in [2.75, 3.05) is 10.8 Å². The summed E-state index contributed by atoms with van der Waals surface area (Å²) in [6.45, 7) is 2.43. The van der Waals surface area contributed by atoms with Crippen LogP contribution < -0.4 is 4.90 Å². The van der Waals surface area contributed by atoms with E-state index >= 15 is 0 Å². The Morgan fingerprint density at radius 3 is 2.58 bits per heavy atom. The summed E-state index contributed by atoms with van der Waals surface area (Å²) in [6.07, 6.45) is 0. The lowest BCUT2D eigenvalue weighted by Gasteiger charge is -2.16. The van der Waals surface area contributed by atoms with Gasteiger partial charge in [0.2, 0.25) is 0 Å². The van der Waals surface area contributed by atoms with Gasteiger partial charge < -0.3 is 9.74 Å². The van der Waals surface area contributed by atoms with Crippen molar-refractivity contribution in [3.05, 3.63) is 65.2 Å². The number of amides is 1. The average Bonchev–Trinajstić information content (AvgIpc) is 2.86. The van der Waals surface area contributed by atoms with Crippen molar-refractivity contribution in [3.63, 3.8) is 0 Å². The number of aryl methyl sites for hydroxylation is 1.